The van der Waals surface area contributed by atoms with Gasteiger partial charge in [-0.1, -0.05) is 6.92 Å². The first kappa shape index (κ1) is 14.2. The fourth-order valence-corrected chi connectivity index (χ4v) is 2.22. The Morgan fingerprint density at radius 1 is 1.41 bits per heavy atom. The highest BCUT2D eigenvalue weighted by molar-refractivity contribution is 7.12. The van der Waals surface area contributed by atoms with Crippen LogP contribution in [0.4, 0.5) is 0 Å². The van der Waals surface area contributed by atoms with Crippen molar-refractivity contribution in [3.8, 4) is 0 Å². The maximum atomic E-state index is 11.1. The van der Waals surface area contributed by atoms with Crippen LogP contribution in [0.25, 0.3) is 0 Å². The van der Waals surface area contributed by atoms with Crippen molar-refractivity contribution in [2.24, 2.45) is 0 Å². The van der Waals surface area contributed by atoms with Crippen LogP contribution in [0.5, 0.6) is 0 Å². The molecule has 96 valence electrons. The molecule has 0 aliphatic heterocycles. The summed E-state index contributed by atoms with van der Waals surface area (Å²) in [4.78, 5) is 13.4. The van der Waals surface area contributed by atoms with E-state index < -0.39 is 0 Å². The summed E-state index contributed by atoms with van der Waals surface area (Å²) in [5.41, 5.74) is 0.159. The summed E-state index contributed by atoms with van der Waals surface area (Å²) in [7, 11) is 1.42. The second kappa shape index (κ2) is 6.17. The predicted octanol–water partition coefficient (Wildman–Crippen LogP) is 2.74. The van der Waals surface area contributed by atoms with E-state index in [9.17, 15) is 4.79 Å². The highest BCUT2D eigenvalue weighted by atomic mass is 32.1. The van der Waals surface area contributed by atoms with Crippen molar-refractivity contribution in [1.29, 1.82) is 0 Å². The summed E-state index contributed by atoms with van der Waals surface area (Å²) in [6.07, 6.45) is 1.46. The first-order valence-corrected chi connectivity index (χ1v) is 6.68. The van der Waals surface area contributed by atoms with Crippen LogP contribution in [-0.2, 0) is 22.5 Å². The van der Waals surface area contributed by atoms with Crippen LogP contribution in [0.2, 0.25) is 0 Å². The van der Waals surface area contributed by atoms with E-state index in [2.05, 4.69) is 36.9 Å². The van der Waals surface area contributed by atoms with Crippen LogP contribution in [0.3, 0.4) is 0 Å². The monoisotopic (exact) mass is 255 g/mol. The first-order chi connectivity index (χ1) is 7.96. The number of methoxy groups -OCH3 is 1. The van der Waals surface area contributed by atoms with Gasteiger partial charge >= 0.3 is 5.97 Å². The molecule has 0 saturated heterocycles. The van der Waals surface area contributed by atoms with Crippen molar-refractivity contribution in [3.05, 3.63) is 21.9 Å². The van der Waals surface area contributed by atoms with Gasteiger partial charge < -0.3 is 10.1 Å². The van der Waals surface area contributed by atoms with Crippen molar-refractivity contribution in [3.63, 3.8) is 0 Å². The summed E-state index contributed by atoms with van der Waals surface area (Å²) in [6.45, 7) is 7.41. The van der Waals surface area contributed by atoms with Crippen LogP contribution >= 0.6 is 11.3 Å². The van der Waals surface area contributed by atoms with Crippen molar-refractivity contribution < 1.29 is 9.53 Å². The third kappa shape index (κ3) is 4.88. The predicted molar refractivity (Wildman–Crippen MR) is 71.2 cm³/mol. The Morgan fingerprint density at radius 3 is 2.65 bits per heavy atom. The molecule has 1 N–H and O–H groups in total. The number of thiophene rings is 1. The van der Waals surface area contributed by atoms with Crippen molar-refractivity contribution >= 4 is 17.3 Å². The zero-order valence-corrected chi connectivity index (χ0v) is 11.8. The molecular weight excluding hydrogens is 234 g/mol. The fraction of sp³-hybridized carbons (Fsp3) is 0.615. The third-order valence-electron chi connectivity index (χ3n) is 2.89. The zero-order valence-electron chi connectivity index (χ0n) is 11.0. The van der Waals surface area contributed by atoms with Gasteiger partial charge in [-0.2, -0.15) is 0 Å². The molecule has 0 amide bonds. The van der Waals surface area contributed by atoms with Crippen LogP contribution in [0, 0.1) is 0 Å². The van der Waals surface area contributed by atoms with Gasteiger partial charge in [0.1, 0.15) is 0 Å². The molecule has 0 unspecified atom stereocenters. The Labute approximate surface area is 107 Å². The number of hydrogen-bond acceptors (Lipinski definition) is 4. The Morgan fingerprint density at radius 2 is 2.06 bits per heavy atom. The molecular formula is C13H21NO2S. The second-order valence-corrected chi connectivity index (χ2v) is 5.96. The number of nitrogens with one attached hydrogen (secondary N) is 1. The van der Waals surface area contributed by atoms with E-state index in [1.165, 1.54) is 12.0 Å². The molecule has 3 nitrogen and oxygen atoms in total. The molecule has 4 heteroatoms. The quantitative estimate of drug-likeness (QED) is 0.794. The second-order valence-electron chi connectivity index (χ2n) is 4.71. The standard InChI is InChI=1S/C13H21NO2S/c1-5-13(2,3)14-9-11-7-6-10(17-11)8-12(15)16-4/h6-7,14H,5,8-9H2,1-4H3. The van der Waals surface area contributed by atoms with E-state index in [0.717, 1.165) is 17.8 Å². The van der Waals surface area contributed by atoms with Crippen LogP contribution in [-0.4, -0.2) is 18.6 Å². The lowest BCUT2D eigenvalue weighted by Crippen LogP contribution is -2.37. The van der Waals surface area contributed by atoms with E-state index in [1.54, 1.807) is 11.3 Å². The third-order valence-corrected chi connectivity index (χ3v) is 3.97. The molecule has 1 rings (SSSR count). The Hall–Kier alpha value is -0.870. The lowest BCUT2D eigenvalue weighted by atomic mass is 10.0. The molecule has 0 radical (unpaired) electrons. The van der Waals surface area contributed by atoms with Gasteiger partial charge in [-0.3, -0.25) is 4.79 Å². The van der Waals surface area contributed by atoms with Crippen molar-refractivity contribution in [2.45, 2.75) is 45.7 Å². The number of carbonyl (C=O) groups is 1. The minimum Gasteiger partial charge on any atom is -0.469 e. The van der Waals surface area contributed by atoms with Gasteiger partial charge in [-0.15, -0.1) is 11.3 Å². The molecule has 0 aliphatic rings. The average molecular weight is 255 g/mol. The molecule has 0 bridgehead atoms. The average Bonchev–Trinajstić information content (AvgIpc) is 2.74. The molecule has 0 fully saturated rings. The summed E-state index contributed by atoms with van der Waals surface area (Å²) in [5, 5.41) is 3.50. The molecule has 0 atom stereocenters. The maximum Gasteiger partial charge on any atom is 0.310 e. The molecule has 1 heterocycles. The van der Waals surface area contributed by atoms with E-state index in [0.29, 0.717) is 6.42 Å². The Balaban J connectivity index is 2.49. The number of rotatable bonds is 6. The highest BCUT2D eigenvalue weighted by Crippen LogP contribution is 2.18. The lowest BCUT2D eigenvalue weighted by Gasteiger charge is -2.24. The first-order valence-electron chi connectivity index (χ1n) is 5.86. The van der Waals surface area contributed by atoms with Gasteiger partial charge in [0.2, 0.25) is 0 Å². The molecule has 0 aliphatic carbocycles. The van der Waals surface area contributed by atoms with E-state index >= 15 is 0 Å². The topological polar surface area (TPSA) is 38.3 Å². The van der Waals surface area contributed by atoms with Crippen molar-refractivity contribution in [2.75, 3.05) is 7.11 Å². The number of ether oxygens (including phenoxy) is 1. The van der Waals surface area contributed by atoms with E-state index in [-0.39, 0.29) is 11.5 Å². The van der Waals surface area contributed by atoms with Gasteiger partial charge in [-0.05, 0) is 32.4 Å². The van der Waals surface area contributed by atoms with Crippen LogP contribution < -0.4 is 5.32 Å². The number of esters is 1. The fourth-order valence-electron chi connectivity index (χ4n) is 1.28. The maximum absolute atomic E-state index is 11.1. The molecule has 1 aromatic heterocycles. The molecule has 0 spiro atoms. The lowest BCUT2D eigenvalue weighted by molar-refractivity contribution is -0.139. The number of hydrogen-bond donors (Lipinski definition) is 1. The zero-order chi connectivity index (χ0) is 12.9. The van der Waals surface area contributed by atoms with Gasteiger partial charge in [0.05, 0.1) is 13.5 Å². The van der Waals surface area contributed by atoms with E-state index in [4.69, 9.17) is 0 Å². The highest BCUT2D eigenvalue weighted by Gasteiger charge is 2.14. The summed E-state index contributed by atoms with van der Waals surface area (Å²) < 4.78 is 4.65. The van der Waals surface area contributed by atoms with Crippen molar-refractivity contribution in [1.82, 2.24) is 5.32 Å². The molecule has 0 aromatic carbocycles. The molecule has 17 heavy (non-hydrogen) atoms. The summed E-state index contributed by atoms with van der Waals surface area (Å²) >= 11 is 1.66. The van der Waals surface area contributed by atoms with Gasteiger partial charge in [0.25, 0.3) is 0 Å². The Kier molecular flexibility index (Phi) is 5.15. The SMILES string of the molecule is CCC(C)(C)NCc1ccc(CC(=O)OC)s1. The summed E-state index contributed by atoms with van der Waals surface area (Å²) in [6, 6.07) is 4.07. The normalized spacial score (nSPS) is 11.5. The van der Waals surface area contributed by atoms with Gasteiger partial charge in [0.15, 0.2) is 0 Å². The minimum atomic E-state index is -0.180. The summed E-state index contributed by atoms with van der Waals surface area (Å²) in [5.74, 6) is -0.180. The smallest absolute Gasteiger partial charge is 0.310 e. The largest absolute Gasteiger partial charge is 0.469 e. The molecule has 0 saturated carbocycles. The van der Waals surface area contributed by atoms with Crippen LogP contribution in [0.15, 0.2) is 12.1 Å². The van der Waals surface area contributed by atoms with E-state index in [1.807, 2.05) is 6.07 Å². The van der Waals surface area contributed by atoms with Crippen LogP contribution in [0.1, 0.15) is 36.9 Å². The van der Waals surface area contributed by atoms with Gasteiger partial charge in [-0.25, -0.2) is 0 Å². The Bertz CT molecular complexity index is 371. The number of carbonyl (C=O) groups excluding carboxylic acids is 1. The minimum absolute atomic E-state index is 0.159. The molecule has 1 aromatic rings. The van der Waals surface area contributed by atoms with Gasteiger partial charge in [0, 0.05) is 21.8 Å².